The van der Waals surface area contributed by atoms with Gasteiger partial charge in [-0.3, -0.25) is 13.9 Å². The maximum absolute atomic E-state index is 13.3. The molecule has 2 amide bonds. The lowest BCUT2D eigenvalue weighted by molar-refractivity contribution is -0.140. The maximum atomic E-state index is 13.3. The van der Waals surface area contributed by atoms with Gasteiger partial charge in [0.25, 0.3) is 0 Å². The summed E-state index contributed by atoms with van der Waals surface area (Å²) in [6.45, 7) is 6.55. The van der Waals surface area contributed by atoms with Gasteiger partial charge in [-0.05, 0) is 55.2 Å². The molecule has 2 aromatic rings. The molecule has 1 N–H and O–H groups in total. The number of sulfonamides is 1. The van der Waals surface area contributed by atoms with Crippen molar-refractivity contribution in [2.24, 2.45) is 5.92 Å². The van der Waals surface area contributed by atoms with Crippen molar-refractivity contribution in [3.63, 3.8) is 0 Å². The van der Waals surface area contributed by atoms with Crippen molar-refractivity contribution in [2.45, 2.75) is 46.2 Å². The van der Waals surface area contributed by atoms with E-state index in [-0.39, 0.29) is 43.7 Å². The summed E-state index contributed by atoms with van der Waals surface area (Å²) in [5.74, 6) is 0.501. The SMILES string of the molecule is COc1ccc(CN(C(=O)CCCN(c2cccc(Cl)c2)S(C)(=O)=O)[C@@H](C)C(=O)NCC(C)C)cc1. The van der Waals surface area contributed by atoms with E-state index in [2.05, 4.69) is 5.32 Å². The summed E-state index contributed by atoms with van der Waals surface area (Å²) >= 11 is 6.04. The van der Waals surface area contributed by atoms with Crippen LogP contribution in [-0.2, 0) is 26.2 Å². The third-order valence-electron chi connectivity index (χ3n) is 5.61. The first-order valence-electron chi connectivity index (χ1n) is 11.9. The highest BCUT2D eigenvalue weighted by Crippen LogP contribution is 2.23. The molecule has 0 aliphatic carbocycles. The number of amides is 2. The van der Waals surface area contributed by atoms with Crippen molar-refractivity contribution in [3.05, 3.63) is 59.1 Å². The number of methoxy groups -OCH3 is 1. The van der Waals surface area contributed by atoms with Crippen LogP contribution in [0.15, 0.2) is 48.5 Å². The van der Waals surface area contributed by atoms with Gasteiger partial charge in [0.05, 0.1) is 19.1 Å². The van der Waals surface area contributed by atoms with Gasteiger partial charge >= 0.3 is 0 Å². The van der Waals surface area contributed by atoms with Crippen LogP contribution in [0.25, 0.3) is 0 Å². The van der Waals surface area contributed by atoms with Crippen molar-refractivity contribution in [3.8, 4) is 5.75 Å². The summed E-state index contributed by atoms with van der Waals surface area (Å²) in [6, 6.07) is 13.2. The van der Waals surface area contributed by atoms with Crippen LogP contribution in [0.4, 0.5) is 5.69 Å². The first-order chi connectivity index (χ1) is 16.9. The van der Waals surface area contributed by atoms with Crippen molar-refractivity contribution < 1.29 is 22.7 Å². The van der Waals surface area contributed by atoms with Crippen LogP contribution in [0.3, 0.4) is 0 Å². The summed E-state index contributed by atoms with van der Waals surface area (Å²) in [6.07, 6.45) is 1.47. The highest BCUT2D eigenvalue weighted by molar-refractivity contribution is 7.92. The zero-order chi connectivity index (χ0) is 26.9. The summed E-state index contributed by atoms with van der Waals surface area (Å²) in [5, 5.41) is 3.31. The number of ether oxygens (including phenoxy) is 1. The Morgan fingerprint density at radius 2 is 1.75 bits per heavy atom. The number of carbonyl (C=O) groups excluding carboxylic acids is 2. The Morgan fingerprint density at radius 3 is 2.31 bits per heavy atom. The largest absolute Gasteiger partial charge is 0.497 e. The fraction of sp³-hybridized carbons (Fsp3) is 0.462. The minimum atomic E-state index is -3.58. The van der Waals surface area contributed by atoms with Crippen LogP contribution >= 0.6 is 11.6 Å². The molecule has 198 valence electrons. The number of halogens is 1. The average molecular weight is 538 g/mol. The minimum absolute atomic E-state index is 0.0739. The van der Waals surface area contributed by atoms with Crippen LogP contribution in [0.1, 0.15) is 39.2 Å². The van der Waals surface area contributed by atoms with E-state index in [1.807, 2.05) is 26.0 Å². The molecule has 0 aliphatic rings. The molecule has 0 radical (unpaired) electrons. The molecule has 0 fully saturated rings. The average Bonchev–Trinajstić information content (AvgIpc) is 2.82. The van der Waals surface area contributed by atoms with Crippen LogP contribution in [0.2, 0.25) is 5.02 Å². The molecule has 0 saturated carbocycles. The zero-order valence-corrected chi connectivity index (χ0v) is 23.1. The van der Waals surface area contributed by atoms with Gasteiger partial charge in [-0.2, -0.15) is 0 Å². The third-order valence-corrected chi connectivity index (χ3v) is 7.04. The Bertz CT molecular complexity index is 1120. The lowest BCUT2D eigenvalue weighted by Crippen LogP contribution is -2.48. The molecular formula is C26H36ClN3O5S. The van der Waals surface area contributed by atoms with E-state index in [0.29, 0.717) is 23.0 Å². The van der Waals surface area contributed by atoms with E-state index in [4.69, 9.17) is 16.3 Å². The highest BCUT2D eigenvalue weighted by atomic mass is 35.5. The lowest BCUT2D eigenvalue weighted by atomic mass is 10.1. The van der Waals surface area contributed by atoms with Gasteiger partial charge in [0.1, 0.15) is 11.8 Å². The van der Waals surface area contributed by atoms with Crippen LogP contribution in [0.5, 0.6) is 5.75 Å². The van der Waals surface area contributed by atoms with Crippen molar-refractivity contribution in [1.29, 1.82) is 0 Å². The van der Waals surface area contributed by atoms with Gasteiger partial charge in [0.15, 0.2) is 0 Å². The molecule has 0 spiro atoms. The zero-order valence-electron chi connectivity index (χ0n) is 21.5. The van der Waals surface area contributed by atoms with Crippen molar-refractivity contribution in [2.75, 3.05) is 30.8 Å². The van der Waals surface area contributed by atoms with E-state index >= 15 is 0 Å². The van der Waals surface area contributed by atoms with Crippen LogP contribution < -0.4 is 14.4 Å². The minimum Gasteiger partial charge on any atom is -0.497 e. The molecule has 36 heavy (non-hydrogen) atoms. The predicted molar refractivity (Wildman–Crippen MR) is 144 cm³/mol. The summed E-state index contributed by atoms with van der Waals surface area (Å²) in [4.78, 5) is 27.6. The Labute approximate surface area is 219 Å². The summed E-state index contributed by atoms with van der Waals surface area (Å²) in [7, 11) is -2.00. The van der Waals surface area contributed by atoms with E-state index < -0.39 is 16.1 Å². The molecule has 0 aliphatic heterocycles. The molecule has 2 aromatic carbocycles. The second-order valence-corrected chi connectivity index (χ2v) is 11.4. The van der Waals surface area contributed by atoms with Gasteiger partial charge in [-0.25, -0.2) is 8.42 Å². The predicted octanol–water partition coefficient (Wildman–Crippen LogP) is 4.08. The molecule has 0 bridgehead atoms. The van der Waals surface area contributed by atoms with Gasteiger partial charge in [-0.1, -0.05) is 43.6 Å². The number of benzene rings is 2. The monoisotopic (exact) mass is 537 g/mol. The topological polar surface area (TPSA) is 96.0 Å². The normalized spacial score (nSPS) is 12.2. The first kappa shape index (κ1) is 29.5. The molecule has 0 aromatic heterocycles. The van der Waals surface area contributed by atoms with Gasteiger partial charge in [0.2, 0.25) is 21.8 Å². The van der Waals surface area contributed by atoms with Gasteiger partial charge in [-0.15, -0.1) is 0 Å². The number of nitrogens with zero attached hydrogens (tertiary/aromatic N) is 2. The van der Waals surface area contributed by atoms with E-state index in [1.54, 1.807) is 50.4 Å². The van der Waals surface area contributed by atoms with Crippen molar-refractivity contribution in [1.82, 2.24) is 10.2 Å². The van der Waals surface area contributed by atoms with Gasteiger partial charge < -0.3 is 15.0 Å². The van der Waals surface area contributed by atoms with Crippen molar-refractivity contribution >= 4 is 39.1 Å². The lowest BCUT2D eigenvalue weighted by Gasteiger charge is -2.29. The quantitative estimate of drug-likeness (QED) is 0.415. The van der Waals surface area contributed by atoms with E-state index in [0.717, 1.165) is 11.8 Å². The molecule has 10 heteroatoms. The molecular weight excluding hydrogens is 502 g/mol. The second kappa shape index (κ2) is 13.5. The number of rotatable bonds is 13. The molecule has 2 rings (SSSR count). The fourth-order valence-corrected chi connectivity index (χ4v) is 4.74. The number of nitrogens with one attached hydrogen (secondary N) is 1. The molecule has 1 atom stereocenters. The second-order valence-electron chi connectivity index (χ2n) is 9.10. The summed E-state index contributed by atoms with van der Waals surface area (Å²) < 4.78 is 31.2. The Morgan fingerprint density at radius 1 is 1.08 bits per heavy atom. The maximum Gasteiger partial charge on any atom is 0.242 e. The van der Waals surface area contributed by atoms with E-state index in [9.17, 15) is 18.0 Å². The number of anilines is 1. The number of carbonyl (C=O) groups is 2. The van der Waals surface area contributed by atoms with Gasteiger partial charge in [0, 0.05) is 31.1 Å². The Kier molecular flexibility index (Phi) is 11.0. The fourth-order valence-electron chi connectivity index (χ4n) is 3.60. The number of hydrogen-bond donors (Lipinski definition) is 1. The summed E-state index contributed by atoms with van der Waals surface area (Å²) in [5.41, 5.74) is 1.29. The molecule has 0 heterocycles. The highest BCUT2D eigenvalue weighted by Gasteiger charge is 2.26. The van der Waals surface area contributed by atoms with E-state index in [1.165, 1.54) is 9.21 Å². The molecule has 8 nitrogen and oxygen atoms in total. The smallest absolute Gasteiger partial charge is 0.242 e. The molecule has 0 saturated heterocycles. The Hall–Kier alpha value is -2.78. The standard InChI is InChI=1S/C26H36ClN3O5S/c1-19(2)17-28-26(32)20(3)29(18-21-11-13-24(35-4)14-12-21)25(31)10-7-15-30(36(5,33)34)23-9-6-8-22(27)16-23/h6,8-9,11-14,16,19-20H,7,10,15,17-18H2,1-5H3,(H,28,32)/t20-/m0/s1. The van der Waals surface area contributed by atoms with Crippen LogP contribution in [-0.4, -0.2) is 57.6 Å². The third kappa shape index (κ3) is 9.02. The molecule has 0 unspecified atom stereocenters. The van der Waals surface area contributed by atoms with Crippen LogP contribution in [0, 0.1) is 5.92 Å². The Balaban J connectivity index is 2.16. The first-order valence-corrected chi connectivity index (χ1v) is 14.1. The number of hydrogen-bond acceptors (Lipinski definition) is 5.